The van der Waals surface area contributed by atoms with Crippen molar-refractivity contribution in [3.8, 4) is 5.75 Å². The van der Waals surface area contributed by atoms with E-state index in [1.807, 2.05) is 36.4 Å². The minimum Gasteiger partial charge on any atom is -0.494 e. The Morgan fingerprint density at radius 1 is 0.880 bits per heavy atom. The van der Waals surface area contributed by atoms with Crippen molar-refractivity contribution < 1.29 is 14.1 Å². The van der Waals surface area contributed by atoms with Crippen LogP contribution in [0.1, 0.15) is 23.2 Å². The number of nitrogens with zero attached hydrogens (tertiary/aromatic N) is 5. The van der Waals surface area contributed by atoms with Gasteiger partial charge < -0.3 is 35.1 Å². The molecule has 2 aliphatic heterocycles. The zero-order chi connectivity index (χ0) is 35.4. The van der Waals surface area contributed by atoms with E-state index in [0.717, 1.165) is 57.8 Å². The zero-order valence-corrected chi connectivity index (χ0v) is 31.2. The highest BCUT2D eigenvalue weighted by Crippen LogP contribution is 2.41. The Hall–Kier alpha value is -3.86. The molecule has 11 nitrogen and oxygen atoms in total. The van der Waals surface area contributed by atoms with Gasteiger partial charge >= 0.3 is 0 Å². The molecule has 50 heavy (non-hydrogen) atoms. The number of likely N-dealkylation sites (N-methyl/N-ethyl adjacent to an activating group) is 1. The maximum atomic E-state index is 13.6. The highest BCUT2D eigenvalue weighted by molar-refractivity contribution is 7.70. The predicted octanol–water partition coefficient (Wildman–Crippen LogP) is 7.00. The first-order valence-electron chi connectivity index (χ1n) is 16.7. The van der Waals surface area contributed by atoms with Gasteiger partial charge in [-0.25, -0.2) is 4.98 Å². The largest absolute Gasteiger partial charge is 0.494 e. The van der Waals surface area contributed by atoms with Crippen molar-refractivity contribution in [3.63, 3.8) is 0 Å². The van der Waals surface area contributed by atoms with Gasteiger partial charge in [0.25, 0.3) is 5.91 Å². The van der Waals surface area contributed by atoms with E-state index in [1.165, 1.54) is 6.20 Å². The first kappa shape index (κ1) is 35.9. The second kappa shape index (κ2) is 15.6. The van der Waals surface area contributed by atoms with Crippen molar-refractivity contribution in [1.82, 2.24) is 19.8 Å². The Bertz CT molecular complexity index is 1890. The Labute approximate surface area is 303 Å². The molecule has 1 aromatic heterocycles. The van der Waals surface area contributed by atoms with Gasteiger partial charge in [-0.05, 0) is 63.6 Å². The third-order valence-corrected chi connectivity index (χ3v) is 11.4. The average Bonchev–Trinajstić information content (AvgIpc) is 3.10. The number of nitrogens with one attached hydrogen (secondary N) is 3. The summed E-state index contributed by atoms with van der Waals surface area (Å²) in [4.78, 5) is 29.9. The van der Waals surface area contributed by atoms with Crippen LogP contribution in [0.4, 0.5) is 34.5 Å². The Morgan fingerprint density at radius 2 is 1.58 bits per heavy atom. The maximum Gasteiger partial charge on any atom is 0.257 e. The van der Waals surface area contributed by atoms with Crippen LogP contribution in [0.2, 0.25) is 10.0 Å². The number of para-hydroxylation sites is 1. The molecule has 2 fully saturated rings. The standard InChI is InChI=1S/C36H43Cl2N8O3P/c1-44-17-19-45(20-18-44)24-13-15-46(16-14-24)31-22-32(49-2)30(21-29(31)41-35(47)25-9-5-6-10-26(25)37)42-36-39-23-27(38)34(43-36)40-28-11-7-8-12-33(28)50(3,4)48/h5-12,21-24H,13-20H2,1-4H3,(H,41,47)(H2,39,40,42,43). The predicted molar refractivity (Wildman–Crippen MR) is 206 cm³/mol. The van der Waals surface area contributed by atoms with Crippen LogP contribution in [-0.4, -0.2) is 98.5 Å². The first-order valence-corrected chi connectivity index (χ1v) is 20.0. The lowest BCUT2D eigenvalue weighted by atomic mass is 10.0. The molecule has 0 aliphatic carbocycles. The second-order valence-corrected chi connectivity index (χ2v) is 17.1. The third-order valence-electron chi connectivity index (χ3n) is 9.27. The molecule has 3 aromatic carbocycles. The second-order valence-electron chi connectivity index (χ2n) is 13.1. The Balaban J connectivity index is 1.30. The summed E-state index contributed by atoms with van der Waals surface area (Å²) in [6.07, 6.45) is 3.53. The van der Waals surface area contributed by atoms with Crippen LogP contribution in [-0.2, 0) is 4.57 Å². The summed E-state index contributed by atoms with van der Waals surface area (Å²) in [5.74, 6) is 0.815. The van der Waals surface area contributed by atoms with Crippen molar-refractivity contribution >= 4 is 76.1 Å². The van der Waals surface area contributed by atoms with E-state index in [4.69, 9.17) is 27.9 Å². The summed E-state index contributed by atoms with van der Waals surface area (Å²) in [7, 11) is 1.19. The minimum absolute atomic E-state index is 0.244. The van der Waals surface area contributed by atoms with E-state index < -0.39 is 7.14 Å². The number of hydrogen-bond acceptors (Lipinski definition) is 10. The number of methoxy groups -OCH3 is 1. The fourth-order valence-corrected chi connectivity index (χ4v) is 8.02. The molecule has 0 saturated carbocycles. The summed E-state index contributed by atoms with van der Waals surface area (Å²) >= 11 is 12.9. The zero-order valence-electron chi connectivity index (χ0n) is 28.7. The van der Waals surface area contributed by atoms with Gasteiger partial charge in [-0.1, -0.05) is 47.5 Å². The topological polar surface area (TPSA) is 115 Å². The number of carbonyl (C=O) groups is 1. The molecular formula is C36H43Cl2N8O3P. The van der Waals surface area contributed by atoms with Crippen LogP contribution in [0.15, 0.2) is 66.9 Å². The summed E-state index contributed by atoms with van der Waals surface area (Å²) in [5.41, 5.74) is 3.01. The van der Waals surface area contributed by atoms with Gasteiger partial charge in [-0.2, -0.15) is 4.98 Å². The van der Waals surface area contributed by atoms with Gasteiger partial charge in [0.15, 0.2) is 5.82 Å². The third kappa shape index (κ3) is 8.36. The van der Waals surface area contributed by atoms with Crippen LogP contribution in [0, 0.1) is 0 Å². The molecule has 0 spiro atoms. The lowest BCUT2D eigenvalue weighted by Crippen LogP contribution is -2.52. The van der Waals surface area contributed by atoms with E-state index >= 15 is 0 Å². The van der Waals surface area contributed by atoms with E-state index in [1.54, 1.807) is 44.7 Å². The van der Waals surface area contributed by atoms with Crippen LogP contribution in [0.5, 0.6) is 5.75 Å². The fraction of sp³-hybridized carbons (Fsp3) is 0.361. The van der Waals surface area contributed by atoms with Crippen molar-refractivity contribution in [2.24, 2.45) is 0 Å². The summed E-state index contributed by atoms with van der Waals surface area (Å²) in [5, 5.41) is 11.0. The molecule has 0 atom stereocenters. The van der Waals surface area contributed by atoms with Crippen molar-refractivity contribution in [3.05, 3.63) is 82.5 Å². The number of halogens is 2. The fourth-order valence-electron chi connectivity index (χ4n) is 6.50. The molecule has 264 valence electrons. The number of aromatic nitrogens is 2. The lowest BCUT2D eigenvalue weighted by molar-refractivity contribution is 0.0981. The molecule has 0 radical (unpaired) electrons. The molecule has 14 heteroatoms. The summed E-state index contributed by atoms with van der Waals surface area (Å²) in [6, 6.07) is 18.7. The number of benzene rings is 3. The van der Waals surface area contributed by atoms with Crippen LogP contribution in [0.3, 0.4) is 0 Å². The monoisotopic (exact) mass is 736 g/mol. The van der Waals surface area contributed by atoms with E-state index in [2.05, 4.69) is 47.7 Å². The Morgan fingerprint density at radius 3 is 2.28 bits per heavy atom. The summed E-state index contributed by atoms with van der Waals surface area (Å²) in [6.45, 7) is 9.46. The number of piperazine rings is 1. The van der Waals surface area contributed by atoms with Gasteiger partial charge in [0, 0.05) is 56.7 Å². The first-order chi connectivity index (χ1) is 24.0. The highest BCUT2D eigenvalue weighted by atomic mass is 35.5. The SMILES string of the molecule is COc1cc(N2CCC(N3CCN(C)CC3)CC2)c(NC(=O)c2ccccc2Cl)cc1Nc1ncc(Cl)c(Nc2ccccc2P(C)(C)=O)n1. The van der Waals surface area contributed by atoms with Crippen LogP contribution >= 0.6 is 30.3 Å². The van der Waals surface area contributed by atoms with Gasteiger partial charge in [-0.3, -0.25) is 9.69 Å². The molecule has 0 unspecified atom stereocenters. The summed E-state index contributed by atoms with van der Waals surface area (Å²) < 4.78 is 18.9. The molecule has 3 heterocycles. The van der Waals surface area contributed by atoms with E-state index in [-0.39, 0.29) is 11.9 Å². The van der Waals surface area contributed by atoms with Crippen molar-refractivity contribution in [1.29, 1.82) is 0 Å². The highest BCUT2D eigenvalue weighted by Gasteiger charge is 2.29. The molecule has 0 bridgehead atoms. The number of rotatable bonds is 10. The smallest absolute Gasteiger partial charge is 0.257 e. The van der Waals surface area contributed by atoms with Gasteiger partial charge in [0.05, 0.1) is 46.6 Å². The molecule has 6 rings (SSSR count). The molecular weight excluding hydrogens is 694 g/mol. The number of carbonyl (C=O) groups excluding carboxylic acids is 1. The number of piperidine rings is 1. The minimum atomic E-state index is -2.59. The van der Waals surface area contributed by atoms with Crippen LogP contribution < -0.4 is 30.9 Å². The molecule has 3 N–H and O–H groups in total. The number of anilines is 6. The van der Waals surface area contributed by atoms with Gasteiger partial charge in [-0.15, -0.1) is 0 Å². The average molecular weight is 738 g/mol. The molecule has 1 amide bonds. The van der Waals surface area contributed by atoms with Crippen molar-refractivity contribution in [2.75, 3.05) is 87.6 Å². The van der Waals surface area contributed by atoms with E-state index in [0.29, 0.717) is 55.6 Å². The number of ether oxygens (including phenoxy) is 1. The molecule has 2 saturated heterocycles. The quantitative estimate of drug-likeness (QED) is 0.147. The van der Waals surface area contributed by atoms with Crippen LogP contribution in [0.25, 0.3) is 0 Å². The van der Waals surface area contributed by atoms with Crippen molar-refractivity contribution in [2.45, 2.75) is 18.9 Å². The number of hydrogen-bond donors (Lipinski definition) is 3. The normalized spacial score (nSPS) is 16.2. The van der Waals surface area contributed by atoms with E-state index in [9.17, 15) is 9.36 Å². The Kier molecular flexibility index (Phi) is 11.2. The molecule has 4 aromatic rings. The maximum absolute atomic E-state index is 13.6. The molecule has 2 aliphatic rings. The number of amides is 1. The lowest BCUT2D eigenvalue weighted by Gasteiger charge is -2.43. The van der Waals surface area contributed by atoms with Gasteiger partial charge in [0.2, 0.25) is 5.95 Å². The van der Waals surface area contributed by atoms with Gasteiger partial charge in [0.1, 0.15) is 17.9 Å².